The molecule has 1 aromatic heterocycles. The largest absolute Gasteiger partial charge is 0.495 e. The number of amides is 2. The van der Waals surface area contributed by atoms with Gasteiger partial charge in [-0.3, -0.25) is 15.2 Å². The predicted molar refractivity (Wildman–Crippen MR) is 115 cm³/mol. The van der Waals surface area contributed by atoms with E-state index in [1.54, 1.807) is 39.0 Å². The van der Waals surface area contributed by atoms with Crippen LogP contribution in [0, 0.1) is 0 Å². The van der Waals surface area contributed by atoms with Crippen LogP contribution in [0.3, 0.4) is 0 Å². The number of hydrogen-bond donors (Lipinski definition) is 3. The van der Waals surface area contributed by atoms with Crippen molar-refractivity contribution in [2.45, 2.75) is 26.4 Å². The van der Waals surface area contributed by atoms with Crippen LogP contribution >= 0.6 is 0 Å². The molecule has 0 bridgehead atoms. The van der Waals surface area contributed by atoms with Crippen molar-refractivity contribution in [2.24, 2.45) is 0 Å². The third-order valence-electron chi connectivity index (χ3n) is 4.04. The number of nitrogens with zero attached hydrogens (tertiary/aromatic N) is 1. The highest BCUT2D eigenvalue weighted by Gasteiger charge is 2.19. The summed E-state index contributed by atoms with van der Waals surface area (Å²) in [7, 11) is 1.49. The minimum absolute atomic E-state index is 0.337. The van der Waals surface area contributed by atoms with Crippen molar-refractivity contribution in [3.05, 3.63) is 60.3 Å². The topological polar surface area (TPSA) is 105 Å². The van der Waals surface area contributed by atoms with Gasteiger partial charge in [-0.15, -0.1) is 0 Å². The molecule has 8 nitrogen and oxygen atoms in total. The second kappa shape index (κ2) is 8.69. The summed E-state index contributed by atoms with van der Waals surface area (Å²) >= 11 is 0. The molecule has 3 aromatic rings. The molecule has 2 amide bonds. The van der Waals surface area contributed by atoms with E-state index in [4.69, 9.17) is 9.47 Å². The number of ether oxygens (including phenoxy) is 2. The summed E-state index contributed by atoms with van der Waals surface area (Å²) in [5.41, 5.74) is 2.08. The van der Waals surface area contributed by atoms with E-state index in [1.807, 2.05) is 30.3 Å². The van der Waals surface area contributed by atoms with Crippen molar-refractivity contribution in [2.75, 3.05) is 17.7 Å². The summed E-state index contributed by atoms with van der Waals surface area (Å²) in [6, 6.07) is 14.4. The highest BCUT2D eigenvalue weighted by molar-refractivity contribution is 6.08. The number of anilines is 2. The molecule has 3 N–H and O–H groups in total. The molecule has 0 saturated carbocycles. The maximum atomic E-state index is 12.8. The van der Waals surface area contributed by atoms with Gasteiger partial charge in [0.1, 0.15) is 11.4 Å². The normalized spacial score (nSPS) is 10.9. The lowest BCUT2D eigenvalue weighted by atomic mass is 10.1. The highest BCUT2D eigenvalue weighted by Crippen LogP contribution is 2.29. The van der Waals surface area contributed by atoms with Crippen LogP contribution in [0.4, 0.5) is 16.2 Å². The van der Waals surface area contributed by atoms with E-state index in [1.165, 1.54) is 13.3 Å². The van der Waals surface area contributed by atoms with Crippen LogP contribution in [-0.4, -0.2) is 34.9 Å². The molecule has 0 saturated heterocycles. The number of hydrogen-bond acceptors (Lipinski definition) is 5. The zero-order valence-corrected chi connectivity index (χ0v) is 17.3. The number of rotatable bonds is 5. The van der Waals surface area contributed by atoms with E-state index in [2.05, 4.69) is 20.8 Å². The summed E-state index contributed by atoms with van der Waals surface area (Å²) in [5.74, 6) is 0.100. The summed E-state index contributed by atoms with van der Waals surface area (Å²) in [4.78, 5) is 25.0. The van der Waals surface area contributed by atoms with Gasteiger partial charge in [-0.05, 0) is 39.0 Å². The Kier molecular flexibility index (Phi) is 6.06. The van der Waals surface area contributed by atoms with Gasteiger partial charge < -0.3 is 14.8 Å². The Morgan fingerprint density at radius 1 is 1.03 bits per heavy atom. The number of carbonyl (C=O) groups is 2. The lowest BCUT2D eigenvalue weighted by Gasteiger charge is -2.20. The maximum Gasteiger partial charge on any atom is 0.412 e. The van der Waals surface area contributed by atoms with E-state index in [0.717, 1.165) is 5.56 Å². The maximum absolute atomic E-state index is 12.8. The van der Waals surface area contributed by atoms with Crippen molar-refractivity contribution in [1.29, 1.82) is 0 Å². The first-order chi connectivity index (χ1) is 14.3. The zero-order chi connectivity index (χ0) is 21.7. The number of methoxy groups -OCH3 is 1. The standard InChI is InChI=1S/C22H24N4O4/c1-22(2,3)30-21(28)25-17-12-15(10-11-18(17)29-4)24-20(27)16-13-23-26-19(16)14-8-6-5-7-9-14/h5-13H,1-4H3,(H,23,26)(H,24,27)(H,25,28). The second-order valence-electron chi connectivity index (χ2n) is 7.52. The number of carbonyl (C=O) groups excluding carboxylic acids is 2. The van der Waals surface area contributed by atoms with Crippen LogP contribution in [0.5, 0.6) is 5.75 Å². The van der Waals surface area contributed by atoms with Crippen LogP contribution < -0.4 is 15.4 Å². The Bertz CT molecular complexity index is 1040. The van der Waals surface area contributed by atoms with Crippen LogP contribution in [-0.2, 0) is 4.74 Å². The van der Waals surface area contributed by atoms with Crippen molar-refractivity contribution in [1.82, 2.24) is 10.2 Å². The van der Waals surface area contributed by atoms with Gasteiger partial charge in [0.15, 0.2) is 0 Å². The molecule has 30 heavy (non-hydrogen) atoms. The summed E-state index contributed by atoms with van der Waals surface area (Å²) in [6.45, 7) is 5.32. The smallest absolute Gasteiger partial charge is 0.412 e. The molecule has 2 aromatic carbocycles. The van der Waals surface area contributed by atoms with Crippen LogP contribution in [0.2, 0.25) is 0 Å². The Morgan fingerprint density at radius 2 is 1.77 bits per heavy atom. The van der Waals surface area contributed by atoms with Gasteiger partial charge in [-0.25, -0.2) is 4.79 Å². The first-order valence-electron chi connectivity index (χ1n) is 9.35. The first-order valence-corrected chi connectivity index (χ1v) is 9.35. The number of benzene rings is 2. The predicted octanol–water partition coefficient (Wildman–Crippen LogP) is 4.68. The molecule has 3 rings (SSSR count). The molecule has 0 aliphatic carbocycles. The van der Waals surface area contributed by atoms with E-state index in [-0.39, 0.29) is 5.91 Å². The third-order valence-corrected chi connectivity index (χ3v) is 4.04. The Labute approximate surface area is 174 Å². The number of aromatic amines is 1. The SMILES string of the molecule is COc1ccc(NC(=O)c2cn[nH]c2-c2ccccc2)cc1NC(=O)OC(C)(C)C. The van der Waals surface area contributed by atoms with Crippen molar-refractivity contribution >= 4 is 23.4 Å². The average molecular weight is 408 g/mol. The van der Waals surface area contributed by atoms with Gasteiger partial charge in [-0.2, -0.15) is 5.10 Å². The van der Waals surface area contributed by atoms with Gasteiger partial charge in [0, 0.05) is 11.3 Å². The fraction of sp³-hybridized carbons (Fsp3) is 0.227. The fourth-order valence-electron chi connectivity index (χ4n) is 2.78. The molecule has 8 heteroatoms. The van der Waals surface area contributed by atoms with Crippen LogP contribution in [0.15, 0.2) is 54.7 Å². The summed E-state index contributed by atoms with van der Waals surface area (Å²) in [5, 5.41) is 12.3. The lowest BCUT2D eigenvalue weighted by Crippen LogP contribution is -2.27. The van der Waals surface area contributed by atoms with Gasteiger partial charge in [0.25, 0.3) is 5.91 Å². The fourth-order valence-corrected chi connectivity index (χ4v) is 2.78. The quantitative estimate of drug-likeness (QED) is 0.568. The number of nitrogens with one attached hydrogen (secondary N) is 3. The zero-order valence-electron chi connectivity index (χ0n) is 17.3. The van der Waals surface area contributed by atoms with Gasteiger partial charge >= 0.3 is 6.09 Å². The molecule has 1 heterocycles. The highest BCUT2D eigenvalue weighted by atomic mass is 16.6. The Hall–Kier alpha value is -3.81. The third kappa shape index (κ3) is 5.16. The van der Waals surface area contributed by atoms with Gasteiger partial charge in [0.05, 0.1) is 30.3 Å². The molecular formula is C22H24N4O4. The number of aromatic nitrogens is 2. The minimum atomic E-state index is -0.641. The molecule has 0 fully saturated rings. The first kappa shape index (κ1) is 20.9. The van der Waals surface area contributed by atoms with Gasteiger partial charge in [0.2, 0.25) is 0 Å². The molecule has 156 valence electrons. The molecule has 0 aliphatic rings. The Balaban J connectivity index is 1.80. The average Bonchev–Trinajstić information content (AvgIpc) is 3.17. The van der Waals surface area contributed by atoms with E-state index in [0.29, 0.717) is 28.4 Å². The van der Waals surface area contributed by atoms with Crippen LogP contribution in [0.1, 0.15) is 31.1 Å². The molecule has 0 unspecified atom stereocenters. The number of H-pyrrole nitrogens is 1. The Morgan fingerprint density at radius 3 is 2.43 bits per heavy atom. The molecule has 0 aliphatic heterocycles. The molecular weight excluding hydrogens is 384 g/mol. The summed E-state index contributed by atoms with van der Waals surface area (Å²) in [6.07, 6.45) is 0.853. The monoisotopic (exact) mass is 408 g/mol. The van der Waals surface area contributed by atoms with Crippen LogP contribution in [0.25, 0.3) is 11.3 Å². The lowest BCUT2D eigenvalue weighted by molar-refractivity contribution is 0.0635. The van der Waals surface area contributed by atoms with Gasteiger partial charge in [-0.1, -0.05) is 30.3 Å². The van der Waals surface area contributed by atoms with Crippen molar-refractivity contribution in [3.63, 3.8) is 0 Å². The van der Waals surface area contributed by atoms with E-state index >= 15 is 0 Å². The van der Waals surface area contributed by atoms with Crippen molar-refractivity contribution in [3.8, 4) is 17.0 Å². The van der Waals surface area contributed by atoms with E-state index in [9.17, 15) is 9.59 Å². The molecule has 0 spiro atoms. The summed E-state index contributed by atoms with van der Waals surface area (Å²) < 4.78 is 10.6. The van der Waals surface area contributed by atoms with E-state index < -0.39 is 11.7 Å². The van der Waals surface area contributed by atoms with Crippen molar-refractivity contribution < 1.29 is 19.1 Å². The molecule has 0 atom stereocenters. The minimum Gasteiger partial charge on any atom is -0.495 e. The second-order valence-corrected chi connectivity index (χ2v) is 7.52. The molecule has 0 radical (unpaired) electrons.